The molecule has 0 spiro atoms. The van der Waals surface area contributed by atoms with E-state index in [1.54, 1.807) is 35.4 Å². The van der Waals surface area contributed by atoms with Crippen LogP contribution >= 0.6 is 0 Å². The van der Waals surface area contributed by atoms with Crippen LogP contribution in [0.1, 0.15) is 25.3 Å². The lowest BCUT2D eigenvalue weighted by Gasteiger charge is -2.22. The molecule has 0 saturated carbocycles. The molecule has 2 N–H and O–H groups in total. The summed E-state index contributed by atoms with van der Waals surface area (Å²) in [6.07, 6.45) is 7.14. The molecule has 2 aromatic rings. The van der Waals surface area contributed by atoms with Crippen LogP contribution in [-0.4, -0.2) is 46.2 Å². The number of hydrogen-bond acceptors (Lipinski definition) is 3. The number of carbonyl (C=O) groups is 1. The number of urea groups is 1. The normalized spacial score (nSPS) is 17.6. The van der Waals surface area contributed by atoms with Gasteiger partial charge in [0.2, 0.25) is 0 Å². The number of rotatable bonds is 6. The zero-order chi connectivity index (χ0) is 17.6. The van der Waals surface area contributed by atoms with Crippen LogP contribution in [0, 0.1) is 5.82 Å². The van der Waals surface area contributed by atoms with E-state index >= 15 is 0 Å². The Morgan fingerprint density at radius 2 is 2.28 bits per heavy atom. The number of nitrogens with zero attached hydrogens (tertiary/aromatic N) is 3. The third-order valence-electron chi connectivity index (χ3n) is 4.65. The Bertz CT molecular complexity index is 703. The van der Waals surface area contributed by atoms with Crippen LogP contribution in [-0.2, 0) is 6.54 Å². The lowest BCUT2D eigenvalue weighted by atomic mass is 10.2. The van der Waals surface area contributed by atoms with Gasteiger partial charge >= 0.3 is 6.03 Å². The van der Waals surface area contributed by atoms with E-state index in [0.717, 1.165) is 19.5 Å². The van der Waals surface area contributed by atoms with Crippen molar-refractivity contribution in [2.75, 3.05) is 19.6 Å². The predicted octanol–water partition coefficient (Wildman–Crippen LogP) is 2.29. The molecule has 1 atom stereocenters. The molecule has 0 bridgehead atoms. The molecule has 2 amide bonds. The second-order valence-electron chi connectivity index (χ2n) is 6.24. The number of hydrogen-bond donors (Lipinski definition) is 2. The third kappa shape index (κ3) is 4.36. The minimum absolute atomic E-state index is 0.220. The zero-order valence-corrected chi connectivity index (χ0v) is 14.4. The summed E-state index contributed by atoms with van der Waals surface area (Å²) in [5, 5.41) is 5.69. The van der Waals surface area contributed by atoms with Gasteiger partial charge in [0.15, 0.2) is 0 Å². The van der Waals surface area contributed by atoms with Gasteiger partial charge in [0.05, 0.1) is 12.0 Å². The molecule has 0 aliphatic carbocycles. The van der Waals surface area contributed by atoms with Crippen LogP contribution < -0.4 is 10.6 Å². The van der Waals surface area contributed by atoms with Crippen LogP contribution in [0.5, 0.6) is 0 Å². The highest BCUT2D eigenvalue weighted by molar-refractivity contribution is 5.73. The highest BCUT2D eigenvalue weighted by atomic mass is 19.1. The maximum absolute atomic E-state index is 14.2. The van der Waals surface area contributed by atoms with Gasteiger partial charge in [-0.1, -0.05) is 13.0 Å². The Labute approximate surface area is 147 Å². The van der Waals surface area contributed by atoms with Crippen LogP contribution in [0.3, 0.4) is 0 Å². The maximum Gasteiger partial charge on any atom is 0.315 e. The molecule has 1 aromatic heterocycles. The van der Waals surface area contributed by atoms with Gasteiger partial charge in [-0.05, 0) is 43.6 Å². The van der Waals surface area contributed by atoms with Crippen molar-refractivity contribution < 1.29 is 9.18 Å². The summed E-state index contributed by atoms with van der Waals surface area (Å²) in [6, 6.07) is 5.12. The highest BCUT2D eigenvalue weighted by Gasteiger charge is 2.22. The van der Waals surface area contributed by atoms with Crippen LogP contribution in [0.2, 0.25) is 0 Å². The molecular weight excluding hydrogens is 321 g/mol. The summed E-state index contributed by atoms with van der Waals surface area (Å²) in [5.74, 6) is -0.345. The molecule has 2 heterocycles. The number of carbonyl (C=O) groups excluding carboxylic acids is 1. The molecule has 7 heteroatoms. The highest BCUT2D eigenvalue weighted by Crippen LogP contribution is 2.16. The quantitative estimate of drug-likeness (QED) is 0.844. The number of aromatic nitrogens is 2. The minimum atomic E-state index is -0.345. The van der Waals surface area contributed by atoms with E-state index < -0.39 is 0 Å². The smallest absolute Gasteiger partial charge is 0.315 e. The molecule has 1 aromatic carbocycles. The average molecular weight is 345 g/mol. The molecule has 25 heavy (non-hydrogen) atoms. The van der Waals surface area contributed by atoms with E-state index in [-0.39, 0.29) is 18.4 Å². The number of likely N-dealkylation sites (tertiary alicyclic amines) is 1. The monoisotopic (exact) mass is 345 g/mol. The second kappa shape index (κ2) is 8.11. The number of nitrogens with one attached hydrogen (secondary N) is 2. The maximum atomic E-state index is 14.2. The van der Waals surface area contributed by atoms with Crippen LogP contribution in [0.4, 0.5) is 9.18 Å². The van der Waals surface area contributed by atoms with E-state index in [0.29, 0.717) is 23.8 Å². The summed E-state index contributed by atoms with van der Waals surface area (Å²) in [6.45, 7) is 5.19. The Morgan fingerprint density at radius 1 is 1.40 bits per heavy atom. The first-order valence-corrected chi connectivity index (χ1v) is 8.70. The molecule has 134 valence electrons. The van der Waals surface area contributed by atoms with Gasteiger partial charge in [-0.15, -0.1) is 0 Å². The fourth-order valence-corrected chi connectivity index (χ4v) is 3.27. The van der Waals surface area contributed by atoms with Gasteiger partial charge < -0.3 is 15.2 Å². The Morgan fingerprint density at radius 3 is 3.00 bits per heavy atom. The molecule has 6 nitrogen and oxygen atoms in total. The molecule has 0 radical (unpaired) electrons. The summed E-state index contributed by atoms with van der Waals surface area (Å²) in [7, 11) is 0. The lowest BCUT2D eigenvalue weighted by Crippen LogP contribution is -2.43. The Balaban J connectivity index is 1.48. The predicted molar refractivity (Wildman–Crippen MR) is 94.0 cm³/mol. The van der Waals surface area contributed by atoms with Crippen molar-refractivity contribution in [3.63, 3.8) is 0 Å². The van der Waals surface area contributed by atoms with E-state index in [9.17, 15) is 9.18 Å². The van der Waals surface area contributed by atoms with Crippen molar-refractivity contribution in [2.45, 2.75) is 32.4 Å². The molecule has 1 aliphatic rings. The van der Waals surface area contributed by atoms with E-state index in [1.165, 1.54) is 12.5 Å². The summed E-state index contributed by atoms with van der Waals surface area (Å²) in [5.41, 5.74) is 1.15. The van der Waals surface area contributed by atoms with Gasteiger partial charge in [-0.2, -0.15) is 0 Å². The fourth-order valence-electron chi connectivity index (χ4n) is 3.27. The number of likely N-dealkylation sites (N-methyl/N-ethyl adjacent to an activating group) is 1. The standard InChI is InChI=1S/C18H24FN5O/c1-2-23-8-3-4-15(23)12-22-18(25)21-11-14-5-6-17(16(19)10-14)24-9-7-20-13-24/h5-7,9-10,13,15H,2-4,8,11-12H2,1H3,(H2,21,22,25). The minimum Gasteiger partial charge on any atom is -0.337 e. The topological polar surface area (TPSA) is 62.2 Å². The summed E-state index contributed by atoms with van der Waals surface area (Å²) >= 11 is 0. The number of amides is 2. The van der Waals surface area contributed by atoms with E-state index in [2.05, 4.69) is 27.4 Å². The molecule has 1 fully saturated rings. The van der Waals surface area contributed by atoms with Gasteiger partial charge in [0.1, 0.15) is 5.82 Å². The number of benzene rings is 1. The largest absolute Gasteiger partial charge is 0.337 e. The third-order valence-corrected chi connectivity index (χ3v) is 4.65. The van der Waals surface area contributed by atoms with E-state index in [4.69, 9.17) is 0 Å². The van der Waals surface area contributed by atoms with Crippen molar-refractivity contribution >= 4 is 6.03 Å². The van der Waals surface area contributed by atoms with Crippen molar-refractivity contribution in [3.05, 3.63) is 48.3 Å². The molecular formula is C18H24FN5O. The van der Waals surface area contributed by atoms with Crippen LogP contribution in [0.15, 0.2) is 36.9 Å². The average Bonchev–Trinajstić information content (AvgIpc) is 3.29. The molecule has 1 unspecified atom stereocenters. The SMILES string of the molecule is CCN1CCCC1CNC(=O)NCc1ccc(-n2ccnc2)c(F)c1. The van der Waals surface area contributed by atoms with Crippen molar-refractivity contribution in [1.29, 1.82) is 0 Å². The zero-order valence-electron chi connectivity index (χ0n) is 14.4. The van der Waals surface area contributed by atoms with E-state index in [1.807, 2.05) is 0 Å². The van der Waals surface area contributed by atoms with Gasteiger partial charge in [0.25, 0.3) is 0 Å². The van der Waals surface area contributed by atoms with Crippen molar-refractivity contribution in [3.8, 4) is 5.69 Å². The van der Waals surface area contributed by atoms with Crippen molar-refractivity contribution in [2.24, 2.45) is 0 Å². The van der Waals surface area contributed by atoms with Crippen LogP contribution in [0.25, 0.3) is 5.69 Å². The first kappa shape index (κ1) is 17.4. The van der Waals surface area contributed by atoms with Gasteiger partial charge in [-0.3, -0.25) is 4.90 Å². The van der Waals surface area contributed by atoms with Gasteiger partial charge in [0, 0.05) is 31.5 Å². The molecule has 1 aliphatic heterocycles. The lowest BCUT2D eigenvalue weighted by molar-refractivity contribution is 0.228. The Kier molecular flexibility index (Phi) is 5.65. The fraction of sp³-hybridized carbons (Fsp3) is 0.444. The first-order valence-electron chi connectivity index (χ1n) is 8.70. The summed E-state index contributed by atoms with van der Waals surface area (Å²) < 4.78 is 15.8. The number of halogens is 1. The molecule has 1 saturated heterocycles. The van der Waals surface area contributed by atoms with Crippen molar-refractivity contribution in [1.82, 2.24) is 25.1 Å². The first-order chi connectivity index (χ1) is 12.2. The summed E-state index contributed by atoms with van der Waals surface area (Å²) in [4.78, 5) is 18.3. The second-order valence-corrected chi connectivity index (χ2v) is 6.24. The number of imidazole rings is 1. The van der Waals surface area contributed by atoms with Gasteiger partial charge in [-0.25, -0.2) is 14.2 Å². The molecule has 3 rings (SSSR count). The Hall–Kier alpha value is -2.41.